The van der Waals surface area contributed by atoms with Gasteiger partial charge in [0.25, 0.3) is 0 Å². The maximum Gasteiger partial charge on any atom is 0.129 e. The number of H-pyrrole nitrogens is 1. The van der Waals surface area contributed by atoms with Crippen LogP contribution < -0.4 is 9.47 Å². The van der Waals surface area contributed by atoms with Gasteiger partial charge >= 0.3 is 0 Å². The second kappa shape index (κ2) is 11.1. The van der Waals surface area contributed by atoms with Gasteiger partial charge in [-0.05, 0) is 68.6 Å². The number of β-amino-alcohol motifs (C(OH)–C–C–N with tert-alkyl or cyclic N) is 1. The summed E-state index contributed by atoms with van der Waals surface area (Å²) in [5.41, 5.74) is 3.33. The van der Waals surface area contributed by atoms with E-state index in [0.29, 0.717) is 12.5 Å². The molecule has 1 unspecified atom stereocenters. The lowest BCUT2D eigenvalue weighted by Crippen LogP contribution is -2.41. The number of rotatable bonds is 8. The summed E-state index contributed by atoms with van der Waals surface area (Å²) < 4.78 is 12.1. The average molecular weight is 481 g/mol. The molecule has 4 aromatic rings. The van der Waals surface area contributed by atoms with Crippen LogP contribution in [0.25, 0.3) is 21.8 Å². The van der Waals surface area contributed by atoms with E-state index < -0.39 is 6.10 Å². The minimum Gasteiger partial charge on any atom is -0.493 e. The van der Waals surface area contributed by atoms with Crippen LogP contribution >= 0.6 is 12.4 Å². The normalized spacial score (nSPS) is 15.8. The molecule has 0 saturated carbocycles. The number of hydrogen-bond acceptors (Lipinski definition) is 4. The highest BCUT2D eigenvalue weighted by molar-refractivity contribution is 6.10. The molecule has 5 rings (SSSR count). The predicted octanol–water partition coefficient (Wildman–Crippen LogP) is 5.58. The van der Waals surface area contributed by atoms with Crippen LogP contribution in [0.1, 0.15) is 18.4 Å². The van der Waals surface area contributed by atoms with Gasteiger partial charge in [-0.15, -0.1) is 12.4 Å². The zero-order chi connectivity index (χ0) is 22.6. The van der Waals surface area contributed by atoms with Crippen molar-refractivity contribution in [2.24, 2.45) is 5.92 Å². The summed E-state index contributed by atoms with van der Waals surface area (Å²) in [7, 11) is 0. The second-order valence-electron chi connectivity index (χ2n) is 9.13. The summed E-state index contributed by atoms with van der Waals surface area (Å²) >= 11 is 0. The number of likely N-dealkylation sites (tertiary alicyclic amines) is 1. The van der Waals surface area contributed by atoms with Crippen molar-refractivity contribution in [1.29, 1.82) is 0 Å². The molecule has 0 radical (unpaired) electrons. The van der Waals surface area contributed by atoms with Crippen LogP contribution in [-0.2, 0) is 0 Å². The first-order valence-corrected chi connectivity index (χ1v) is 11.9. The van der Waals surface area contributed by atoms with E-state index in [1.807, 2.05) is 42.5 Å². The molecule has 0 aliphatic carbocycles. The zero-order valence-corrected chi connectivity index (χ0v) is 20.4. The largest absolute Gasteiger partial charge is 0.493 e. The molecule has 6 heteroatoms. The first-order valence-electron chi connectivity index (χ1n) is 11.9. The molecule has 0 bridgehead atoms. The van der Waals surface area contributed by atoms with E-state index >= 15 is 0 Å². The summed E-state index contributed by atoms with van der Waals surface area (Å²) in [5, 5.41) is 12.9. The molecule has 34 heavy (non-hydrogen) atoms. The molecule has 0 spiro atoms. The molecule has 1 atom stereocenters. The fourth-order valence-corrected chi connectivity index (χ4v) is 4.79. The van der Waals surface area contributed by atoms with E-state index in [4.69, 9.17) is 9.47 Å². The lowest BCUT2D eigenvalue weighted by Gasteiger charge is -2.33. The van der Waals surface area contributed by atoms with Gasteiger partial charge in [-0.1, -0.05) is 42.5 Å². The lowest BCUT2D eigenvalue weighted by atomic mass is 9.97. The molecule has 1 aromatic heterocycles. The molecule has 1 aliphatic rings. The first-order chi connectivity index (χ1) is 16.2. The standard InChI is InChI=1S/C28H32N2O3.ClH/c1-20-7-2-5-11-26(20)32-18-21-13-15-30(16-14-21)17-22(31)19-33-27-12-6-10-25-28(27)23-8-3-4-9-24(23)29-25;/h2-12,21-22,29,31H,13-19H2,1H3;1H. The van der Waals surface area contributed by atoms with Gasteiger partial charge in [0.15, 0.2) is 0 Å². The molecule has 180 valence electrons. The number of para-hydroxylation sites is 2. The summed E-state index contributed by atoms with van der Waals surface area (Å²) in [6, 6.07) is 22.5. The zero-order valence-electron chi connectivity index (χ0n) is 19.6. The van der Waals surface area contributed by atoms with Crippen LogP contribution in [0.4, 0.5) is 0 Å². The number of nitrogens with one attached hydrogen (secondary N) is 1. The fraction of sp³-hybridized carbons (Fsp3) is 0.357. The van der Waals surface area contributed by atoms with Crippen molar-refractivity contribution in [3.63, 3.8) is 0 Å². The van der Waals surface area contributed by atoms with Crippen LogP contribution in [0, 0.1) is 12.8 Å². The summed E-state index contributed by atoms with van der Waals surface area (Å²) in [6.45, 7) is 5.73. The minimum atomic E-state index is -0.523. The number of aryl methyl sites for hydroxylation is 1. The molecule has 1 fully saturated rings. The van der Waals surface area contributed by atoms with E-state index in [1.165, 1.54) is 5.56 Å². The van der Waals surface area contributed by atoms with Crippen molar-refractivity contribution >= 4 is 34.2 Å². The second-order valence-corrected chi connectivity index (χ2v) is 9.13. The number of fused-ring (bicyclic) bond motifs is 3. The number of hydrogen-bond donors (Lipinski definition) is 2. The predicted molar refractivity (Wildman–Crippen MR) is 140 cm³/mol. The minimum absolute atomic E-state index is 0. The third kappa shape index (κ3) is 5.49. The first kappa shape index (κ1) is 24.4. The van der Waals surface area contributed by atoms with Gasteiger partial charge in [0, 0.05) is 22.8 Å². The van der Waals surface area contributed by atoms with Gasteiger partial charge in [-0.25, -0.2) is 0 Å². The van der Waals surface area contributed by atoms with Crippen molar-refractivity contribution in [2.45, 2.75) is 25.9 Å². The van der Waals surface area contributed by atoms with Crippen molar-refractivity contribution in [3.8, 4) is 11.5 Å². The van der Waals surface area contributed by atoms with E-state index in [0.717, 1.165) is 65.8 Å². The molecular weight excluding hydrogens is 448 g/mol. The number of ether oxygens (including phenoxy) is 2. The monoisotopic (exact) mass is 480 g/mol. The quantitative estimate of drug-likeness (QED) is 0.345. The average Bonchev–Trinajstić information content (AvgIpc) is 3.22. The lowest BCUT2D eigenvalue weighted by molar-refractivity contribution is 0.0507. The van der Waals surface area contributed by atoms with Gasteiger partial charge in [0.1, 0.15) is 24.2 Å². The van der Waals surface area contributed by atoms with Crippen molar-refractivity contribution in [2.75, 3.05) is 32.8 Å². The topological polar surface area (TPSA) is 57.7 Å². The number of piperidine rings is 1. The number of halogens is 1. The van der Waals surface area contributed by atoms with E-state index in [-0.39, 0.29) is 19.0 Å². The van der Waals surface area contributed by atoms with Crippen LogP contribution in [-0.4, -0.2) is 53.9 Å². The van der Waals surface area contributed by atoms with E-state index in [2.05, 4.69) is 41.1 Å². The molecular formula is C28H33ClN2O3. The van der Waals surface area contributed by atoms with Gasteiger partial charge in [0.2, 0.25) is 0 Å². The number of benzene rings is 3. The highest BCUT2D eigenvalue weighted by Crippen LogP contribution is 2.33. The Kier molecular flexibility index (Phi) is 7.99. The maximum absolute atomic E-state index is 10.6. The molecule has 2 heterocycles. The van der Waals surface area contributed by atoms with Gasteiger partial charge in [-0.3, -0.25) is 0 Å². The maximum atomic E-state index is 10.6. The van der Waals surface area contributed by atoms with Gasteiger partial charge in [-0.2, -0.15) is 0 Å². The van der Waals surface area contributed by atoms with Crippen LogP contribution in [0.2, 0.25) is 0 Å². The highest BCUT2D eigenvalue weighted by atomic mass is 35.5. The molecule has 0 amide bonds. The molecule has 5 nitrogen and oxygen atoms in total. The number of aromatic nitrogens is 1. The number of aromatic amines is 1. The van der Waals surface area contributed by atoms with Crippen LogP contribution in [0.5, 0.6) is 11.5 Å². The Morgan fingerprint density at radius 3 is 2.44 bits per heavy atom. The van der Waals surface area contributed by atoms with Crippen molar-refractivity contribution in [1.82, 2.24) is 9.88 Å². The third-order valence-electron chi connectivity index (χ3n) is 6.67. The Bertz CT molecular complexity index is 1220. The Morgan fingerprint density at radius 1 is 0.912 bits per heavy atom. The molecule has 1 aliphatic heterocycles. The summed E-state index contributed by atoms with van der Waals surface area (Å²) in [5.74, 6) is 2.36. The SMILES string of the molecule is Cc1ccccc1OCC1CCN(CC(O)COc2cccc3[nH]c4ccccc4c23)CC1.Cl. The Balaban J connectivity index is 0.00000274. The number of aliphatic hydroxyl groups is 1. The third-order valence-corrected chi connectivity index (χ3v) is 6.67. The van der Waals surface area contributed by atoms with Gasteiger partial charge < -0.3 is 24.5 Å². The van der Waals surface area contributed by atoms with E-state index in [9.17, 15) is 5.11 Å². The van der Waals surface area contributed by atoms with Crippen LogP contribution in [0.15, 0.2) is 66.7 Å². The highest BCUT2D eigenvalue weighted by Gasteiger charge is 2.22. The molecule has 1 saturated heterocycles. The van der Waals surface area contributed by atoms with Gasteiger partial charge in [0.05, 0.1) is 12.1 Å². The summed E-state index contributed by atoms with van der Waals surface area (Å²) in [6.07, 6.45) is 1.66. The van der Waals surface area contributed by atoms with Crippen LogP contribution in [0.3, 0.4) is 0 Å². The number of aliphatic hydroxyl groups excluding tert-OH is 1. The van der Waals surface area contributed by atoms with Crippen molar-refractivity contribution in [3.05, 3.63) is 72.3 Å². The Hall–Kier alpha value is -2.73. The summed E-state index contributed by atoms with van der Waals surface area (Å²) in [4.78, 5) is 5.78. The Morgan fingerprint density at radius 2 is 1.62 bits per heavy atom. The smallest absolute Gasteiger partial charge is 0.129 e. The Labute approximate surface area is 207 Å². The molecule has 3 aromatic carbocycles. The number of nitrogens with zero attached hydrogens (tertiary/aromatic N) is 1. The molecule has 2 N–H and O–H groups in total. The van der Waals surface area contributed by atoms with E-state index in [1.54, 1.807) is 0 Å². The van der Waals surface area contributed by atoms with Crippen molar-refractivity contribution < 1.29 is 14.6 Å². The fourth-order valence-electron chi connectivity index (χ4n) is 4.79.